The lowest BCUT2D eigenvalue weighted by molar-refractivity contribution is -0.163. The lowest BCUT2D eigenvalue weighted by Crippen LogP contribution is -2.42. The maximum absolute atomic E-state index is 12.1. The highest BCUT2D eigenvalue weighted by Crippen LogP contribution is 2.50. The first-order valence-corrected chi connectivity index (χ1v) is 6.83. The molecule has 0 aromatic rings. The molecule has 5 nitrogen and oxygen atoms in total. The maximum Gasteiger partial charge on any atom is 0.316 e. The van der Waals surface area contributed by atoms with E-state index in [1.807, 2.05) is 0 Å². The van der Waals surface area contributed by atoms with E-state index in [0.29, 0.717) is 0 Å². The molecular formula is C11H11Cl4NO4. The zero-order valence-corrected chi connectivity index (χ0v) is 13.7. The summed E-state index contributed by atoms with van der Waals surface area (Å²) in [6, 6.07) is 0. The van der Waals surface area contributed by atoms with Crippen molar-refractivity contribution in [1.29, 1.82) is 0 Å². The first-order valence-electron chi connectivity index (χ1n) is 5.26. The minimum absolute atomic E-state index is 0.179. The highest BCUT2D eigenvalue weighted by Gasteiger charge is 2.51. The third kappa shape index (κ3) is 2.53. The number of carboxylic acids is 1. The van der Waals surface area contributed by atoms with Crippen molar-refractivity contribution >= 4 is 58.3 Å². The Hall–Kier alpha value is -0.460. The van der Waals surface area contributed by atoms with Gasteiger partial charge in [0.2, 0.25) is 0 Å². The third-order valence-electron chi connectivity index (χ3n) is 3.05. The molecule has 0 heterocycles. The number of nitrogens with zero attached hydrogens (tertiary/aromatic N) is 1. The normalized spacial score (nSPS) is 26.9. The van der Waals surface area contributed by atoms with E-state index in [-0.39, 0.29) is 20.7 Å². The molecule has 0 aromatic heterocycles. The highest BCUT2D eigenvalue weighted by molar-refractivity contribution is 6.49. The second kappa shape index (κ2) is 6.12. The van der Waals surface area contributed by atoms with Gasteiger partial charge < -0.3 is 5.11 Å². The number of alkyl halides is 1. The van der Waals surface area contributed by atoms with E-state index in [0.717, 1.165) is 5.06 Å². The minimum Gasteiger partial charge on any atom is -0.481 e. The van der Waals surface area contributed by atoms with Crippen LogP contribution in [0.25, 0.3) is 0 Å². The standard InChI is InChI=1S/C11H11Cl4NO4/c1-11(10(18)19)7(14)5(12)4(6(13)8(11)15)9(17)16(2)20-3/h7H,1-3H3,(H,18,19). The van der Waals surface area contributed by atoms with Gasteiger partial charge in [-0.15, -0.1) is 11.6 Å². The first-order chi connectivity index (χ1) is 9.10. The van der Waals surface area contributed by atoms with Crippen molar-refractivity contribution in [3.8, 4) is 0 Å². The molecule has 20 heavy (non-hydrogen) atoms. The molecule has 0 saturated heterocycles. The van der Waals surface area contributed by atoms with E-state index in [1.54, 1.807) is 0 Å². The zero-order valence-electron chi connectivity index (χ0n) is 10.7. The van der Waals surface area contributed by atoms with Crippen LogP contribution in [0.1, 0.15) is 6.92 Å². The molecule has 0 bridgehead atoms. The monoisotopic (exact) mass is 361 g/mol. The van der Waals surface area contributed by atoms with Gasteiger partial charge in [-0.25, -0.2) is 5.06 Å². The third-order valence-corrected chi connectivity index (χ3v) is 5.28. The Morgan fingerprint density at radius 3 is 2.25 bits per heavy atom. The van der Waals surface area contributed by atoms with Crippen LogP contribution in [0.3, 0.4) is 0 Å². The molecule has 2 atom stereocenters. The highest BCUT2D eigenvalue weighted by atomic mass is 35.5. The Bertz CT molecular complexity index is 531. The molecule has 0 aliphatic heterocycles. The number of halogens is 4. The number of carbonyl (C=O) groups is 2. The molecule has 9 heteroatoms. The summed E-state index contributed by atoms with van der Waals surface area (Å²) in [6.07, 6.45) is 0. The van der Waals surface area contributed by atoms with Crippen molar-refractivity contribution in [3.05, 3.63) is 20.7 Å². The van der Waals surface area contributed by atoms with Crippen molar-refractivity contribution in [2.75, 3.05) is 14.2 Å². The van der Waals surface area contributed by atoms with Gasteiger partial charge in [-0.2, -0.15) is 0 Å². The van der Waals surface area contributed by atoms with Crippen LogP contribution in [-0.4, -0.2) is 41.6 Å². The van der Waals surface area contributed by atoms with Crippen LogP contribution < -0.4 is 0 Å². The molecule has 0 spiro atoms. The fourth-order valence-corrected chi connectivity index (χ4v) is 3.05. The number of hydroxylamine groups is 2. The molecule has 0 radical (unpaired) electrons. The summed E-state index contributed by atoms with van der Waals surface area (Å²) in [5, 5.41) is 8.22. The van der Waals surface area contributed by atoms with Gasteiger partial charge in [-0.05, 0) is 6.92 Å². The lowest BCUT2D eigenvalue weighted by Gasteiger charge is -2.35. The first kappa shape index (κ1) is 17.6. The van der Waals surface area contributed by atoms with Gasteiger partial charge in [0.25, 0.3) is 5.91 Å². The summed E-state index contributed by atoms with van der Waals surface area (Å²) >= 11 is 24.1. The molecule has 0 fully saturated rings. The molecule has 1 rings (SSSR count). The van der Waals surface area contributed by atoms with Gasteiger partial charge in [0.05, 0.1) is 33.2 Å². The van der Waals surface area contributed by atoms with E-state index in [1.165, 1.54) is 21.1 Å². The van der Waals surface area contributed by atoms with Crippen LogP contribution in [0.15, 0.2) is 20.7 Å². The molecule has 1 aliphatic rings. The zero-order chi connectivity index (χ0) is 15.8. The van der Waals surface area contributed by atoms with Crippen LogP contribution >= 0.6 is 46.4 Å². The predicted octanol–water partition coefficient (Wildman–Crippen LogP) is 2.90. The topological polar surface area (TPSA) is 66.8 Å². The largest absolute Gasteiger partial charge is 0.481 e. The van der Waals surface area contributed by atoms with Crippen molar-refractivity contribution in [3.63, 3.8) is 0 Å². The number of amides is 1. The molecular weight excluding hydrogens is 352 g/mol. The lowest BCUT2D eigenvalue weighted by atomic mass is 9.80. The molecule has 0 saturated carbocycles. The number of hydrogen-bond donors (Lipinski definition) is 1. The van der Waals surface area contributed by atoms with Crippen molar-refractivity contribution in [2.24, 2.45) is 5.41 Å². The van der Waals surface area contributed by atoms with Crippen LogP contribution in [0.2, 0.25) is 0 Å². The predicted molar refractivity (Wildman–Crippen MR) is 76.8 cm³/mol. The van der Waals surface area contributed by atoms with Gasteiger partial charge in [0, 0.05) is 7.05 Å². The number of allylic oxidation sites excluding steroid dienone is 1. The Labute approximate surface area is 135 Å². The summed E-state index contributed by atoms with van der Waals surface area (Å²) in [5.41, 5.74) is -1.89. The Balaban J connectivity index is 3.48. The van der Waals surface area contributed by atoms with E-state index in [2.05, 4.69) is 0 Å². The van der Waals surface area contributed by atoms with Crippen molar-refractivity contribution < 1.29 is 19.5 Å². The van der Waals surface area contributed by atoms with Crippen LogP contribution in [0.4, 0.5) is 0 Å². The molecule has 2 unspecified atom stereocenters. The van der Waals surface area contributed by atoms with Gasteiger partial charge in [-0.1, -0.05) is 34.8 Å². The number of rotatable bonds is 3. The Kier molecular flexibility index (Phi) is 5.38. The fourth-order valence-electron chi connectivity index (χ4n) is 1.57. The summed E-state index contributed by atoms with van der Waals surface area (Å²) in [5.74, 6) is -1.98. The number of aliphatic carboxylic acids is 1. The van der Waals surface area contributed by atoms with E-state index >= 15 is 0 Å². The van der Waals surface area contributed by atoms with E-state index in [4.69, 9.17) is 51.2 Å². The molecule has 0 aromatic carbocycles. The Morgan fingerprint density at radius 2 is 1.85 bits per heavy atom. The number of hydrogen-bond acceptors (Lipinski definition) is 3. The number of likely N-dealkylation sites (N-methyl/N-ethyl adjacent to an activating group) is 1. The maximum atomic E-state index is 12.1. The summed E-state index contributed by atoms with van der Waals surface area (Å²) in [7, 11) is 2.61. The summed E-state index contributed by atoms with van der Waals surface area (Å²) < 4.78 is 0. The van der Waals surface area contributed by atoms with Gasteiger partial charge in [0.1, 0.15) is 5.41 Å². The Morgan fingerprint density at radius 1 is 1.35 bits per heavy atom. The van der Waals surface area contributed by atoms with Gasteiger partial charge in [0.15, 0.2) is 0 Å². The van der Waals surface area contributed by atoms with Crippen LogP contribution in [0.5, 0.6) is 0 Å². The second-order valence-corrected chi connectivity index (χ2v) is 5.81. The molecule has 1 aliphatic carbocycles. The van der Waals surface area contributed by atoms with Crippen LogP contribution in [0, 0.1) is 5.41 Å². The average Bonchev–Trinajstić information content (AvgIpc) is 2.41. The number of carboxylic acid groups (broad SMARTS) is 1. The SMILES string of the molecule is CON(C)C(=O)C1=C(Cl)C(Cl)C(C)(C(=O)O)C(Cl)=C1Cl. The minimum atomic E-state index is -1.72. The average molecular weight is 363 g/mol. The van der Waals surface area contributed by atoms with Crippen molar-refractivity contribution in [2.45, 2.75) is 12.3 Å². The second-order valence-electron chi connectivity index (χ2n) is 4.21. The van der Waals surface area contributed by atoms with Gasteiger partial charge in [-0.3, -0.25) is 14.4 Å². The fraction of sp³-hybridized carbons (Fsp3) is 0.455. The smallest absolute Gasteiger partial charge is 0.316 e. The molecule has 1 N–H and O–H groups in total. The molecule has 112 valence electrons. The van der Waals surface area contributed by atoms with Gasteiger partial charge >= 0.3 is 5.97 Å². The van der Waals surface area contributed by atoms with E-state index in [9.17, 15) is 14.7 Å². The van der Waals surface area contributed by atoms with Crippen LogP contribution in [-0.2, 0) is 14.4 Å². The quantitative estimate of drug-likeness (QED) is 0.619. The summed E-state index contributed by atoms with van der Waals surface area (Å²) in [4.78, 5) is 28.2. The summed E-state index contributed by atoms with van der Waals surface area (Å²) in [6.45, 7) is 1.28. The number of carbonyl (C=O) groups excluding carboxylic acids is 1. The van der Waals surface area contributed by atoms with E-state index < -0.39 is 22.7 Å². The molecule has 1 amide bonds. The van der Waals surface area contributed by atoms with Crippen molar-refractivity contribution in [1.82, 2.24) is 5.06 Å².